The minimum Gasteiger partial charge on any atom is -0.467 e. The van der Waals surface area contributed by atoms with E-state index in [1.165, 1.54) is 18.2 Å². The number of nitrogens with zero attached hydrogens (tertiary/aromatic N) is 1. The predicted molar refractivity (Wildman–Crippen MR) is 78.7 cm³/mol. The van der Waals surface area contributed by atoms with E-state index in [9.17, 15) is 19.7 Å². The molecule has 0 saturated heterocycles. The van der Waals surface area contributed by atoms with Crippen LogP contribution in [-0.4, -0.2) is 29.6 Å². The van der Waals surface area contributed by atoms with Gasteiger partial charge in [-0.05, 0) is 26.8 Å². The molecule has 1 rings (SSSR count). The van der Waals surface area contributed by atoms with E-state index in [4.69, 9.17) is 4.74 Å². The Morgan fingerprint density at radius 3 is 2.55 bits per heavy atom. The molecule has 7 nitrogen and oxygen atoms in total. The Labute approximate surface area is 128 Å². The first-order valence-electron chi connectivity index (χ1n) is 6.72. The first-order valence-corrected chi connectivity index (χ1v) is 6.72. The van der Waals surface area contributed by atoms with Crippen molar-refractivity contribution < 1.29 is 24.0 Å². The highest BCUT2D eigenvalue weighted by molar-refractivity contribution is 5.90. The quantitative estimate of drug-likeness (QED) is 0.347. The minimum absolute atomic E-state index is 0.0239. The molecule has 1 atom stereocenters. The molecule has 0 saturated carbocycles. The molecule has 1 aromatic rings. The molecule has 0 radical (unpaired) electrons. The summed E-state index contributed by atoms with van der Waals surface area (Å²) in [4.78, 5) is 32.8. The molecule has 0 heterocycles. The van der Waals surface area contributed by atoms with Crippen molar-refractivity contribution in [2.24, 2.45) is 0 Å². The molecule has 7 heteroatoms. The van der Waals surface area contributed by atoms with Crippen LogP contribution in [0.2, 0.25) is 0 Å². The maximum Gasteiger partial charge on any atom is 0.338 e. The molecule has 0 bridgehead atoms. The third-order valence-corrected chi connectivity index (χ3v) is 2.81. The number of carbonyl (C=O) groups excluding carboxylic acids is 2. The number of benzene rings is 1. The lowest BCUT2D eigenvalue weighted by Gasteiger charge is -2.19. The number of nitro groups is 1. The Bertz CT molecular complexity index is 576. The summed E-state index contributed by atoms with van der Waals surface area (Å²) in [6, 6.07) is 4.13. The van der Waals surface area contributed by atoms with Gasteiger partial charge in [0.2, 0.25) is 0 Å². The zero-order valence-corrected chi connectivity index (χ0v) is 13.0. The monoisotopic (exact) mass is 309 g/mol. The van der Waals surface area contributed by atoms with Crippen molar-refractivity contribution in [3.63, 3.8) is 0 Å². The van der Waals surface area contributed by atoms with Crippen molar-refractivity contribution in [3.8, 4) is 0 Å². The molecule has 120 valence electrons. The Balaban J connectivity index is 3.12. The van der Waals surface area contributed by atoms with Gasteiger partial charge in [0.15, 0.2) is 0 Å². The van der Waals surface area contributed by atoms with Crippen LogP contribution in [-0.2, 0) is 14.3 Å². The maximum absolute atomic E-state index is 12.0. The first-order chi connectivity index (χ1) is 10.2. The Kier molecular flexibility index (Phi) is 5.62. The second kappa shape index (κ2) is 7.02. The van der Waals surface area contributed by atoms with E-state index in [0.717, 1.165) is 0 Å². The van der Waals surface area contributed by atoms with Crippen LogP contribution in [0.25, 0.3) is 0 Å². The highest BCUT2D eigenvalue weighted by atomic mass is 16.6. The molecule has 1 unspecified atom stereocenters. The van der Waals surface area contributed by atoms with E-state index >= 15 is 0 Å². The minimum atomic E-state index is -0.685. The van der Waals surface area contributed by atoms with Gasteiger partial charge in [0, 0.05) is 17.5 Å². The lowest BCUT2D eigenvalue weighted by Crippen LogP contribution is -2.24. The maximum atomic E-state index is 12.0. The van der Waals surface area contributed by atoms with Gasteiger partial charge >= 0.3 is 5.97 Å². The molecule has 22 heavy (non-hydrogen) atoms. The fourth-order valence-corrected chi connectivity index (χ4v) is 1.86. The van der Waals surface area contributed by atoms with Gasteiger partial charge in [-0.25, -0.2) is 4.79 Å². The zero-order chi connectivity index (χ0) is 16.9. The normalized spacial score (nSPS) is 12.4. The van der Waals surface area contributed by atoms with Crippen molar-refractivity contribution in [2.75, 3.05) is 6.61 Å². The average molecular weight is 309 g/mol. The molecule has 0 amide bonds. The Hall–Kier alpha value is -2.44. The number of ether oxygens (including phenoxy) is 2. The summed E-state index contributed by atoms with van der Waals surface area (Å²) < 4.78 is 9.82. The van der Waals surface area contributed by atoms with E-state index < -0.39 is 16.5 Å². The average Bonchev–Trinajstić information content (AvgIpc) is 2.42. The zero-order valence-electron chi connectivity index (χ0n) is 13.0. The van der Waals surface area contributed by atoms with Crippen LogP contribution in [0.1, 0.15) is 49.5 Å². The molecular weight excluding hydrogens is 290 g/mol. The third kappa shape index (κ3) is 4.83. The summed E-state index contributed by atoms with van der Waals surface area (Å²) in [6.45, 7) is 7.15. The van der Waals surface area contributed by atoms with Crippen LogP contribution < -0.4 is 0 Å². The van der Waals surface area contributed by atoms with E-state index in [-0.39, 0.29) is 30.2 Å². The SMILES string of the molecule is CC(COC=O)c1ccc(C(=O)OC(C)(C)C)cc1[N+](=O)[O-]. The Morgan fingerprint density at radius 2 is 2.05 bits per heavy atom. The Morgan fingerprint density at radius 1 is 1.41 bits per heavy atom. The van der Waals surface area contributed by atoms with Crippen LogP contribution in [0.4, 0.5) is 5.69 Å². The topological polar surface area (TPSA) is 95.7 Å². The largest absolute Gasteiger partial charge is 0.467 e. The molecule has 0 aliphatic rings. The smallest absolute Gasteiger partial charge is 0.338 e. The summed E-state index contributed by atoms with van der Waals surface area (Å²) in [7, 11) is 0. The standard InChI is InChI=1S/C15H19NO6/c1-10(8-21-9-17)12-6-5-11(7-13(12)16(19)20)14(18)22-15(2,3)4/h5-7,9-10H,8H2,1-4H3. The van der Waals surface area contributed by atoms with Gasteiger partial charge in [-0.1, -0.05) is 13.0 Å². The number of nitro benzene ring substituents is 1. The van der Waals surface area contributed by atoms with Crippen molar-refractivity contribution in [3.05, 3.63) is 39.4 Å². The van der Waals surface area contributed by atoms with Crippen molar-refractivity contribution in [1.82, 2.24) is 0 Å². The predicted octanol–water partition coefficient (Wildman–Crippen LogP) is 2.83. The number of hydrogen-bond acceptors (Lipinski definition) is 6. The van der Waals surface area contributed by atoms with E-state index in [1.807, 2.05) is 0 Å². The van der Waals surface area contributed by atoms with E-state index in [0.29, 0.717) is 5.56 Å². The molecule has 0 N–H and O–H groups in total. The van der Waals surface area contributed by atoms with Crippen molar-refractivity contribution >= 4 is 18.1 Å². The van der Waals surface area contributed by atoms with Crippen molar-refractivity contribution in [1.29, 1.82) is 0 Å². The summed E-state index contributed by atoms with van der Waals surface area (Å²) >= 11 is 0. The van der Waals surface area contributed by atoms with Gasteiger partial charge in [0.1, 0.15) is 5.60 Å². The van der Waals surface area contributed by atoms with E-state index in [1.54, 1.807) is 27.7 Å². The number of rotatable bonds is 6. The van der Waals surface area contributed by atoms with Crippen molar-refractivity contribution in [2.45, 2.75) is 39.2 Å². The third-order valence-electron chi connectivity index (χ3n) is 2.81. The van der Waals surface area contributed by atoms with Crippen LogP contribution in [0, 0.1) is 10.1 Å². The highest BCUT2D eigenvalue weighted by Gasteiger charge is 2.24. The summed E-state index contributed by atoms with van der Waals surface area (Å²) in [5.74, 6) is -0.989. The van der Waals surface area contributed by atoms with Gasteiger partial charge < -0.3 is 9.47 Å². The van der Waals surface area contributed by atoms with Crippen LogP contribution in [0.15, 0.2) is 18.2 Å². The molecule has 0 spiro atoms. The van der Waals surface area contributed by atoms with Gasteiger partial charge in [0.05, 0.1) is 17.1 Å². The highest BCUT2D eigenvalue weighted by Crippen LogP contribution is 2.28. The van der Waals surface area contributed by atoms with Gasteiger partial charge in [-0.15, -0.1) is 0 Å². The fourth-order valence-electron chi connectivity index (χ4n) is 1.86. The molecule has 0 aromatic heterocycles. The molecule has 0 fully saturated rings. The van der Waals surface area contributed by atoms with Crippen LogP contribution >= 0.6 is 0 Å². The number of hydrogen-bond donors (Lipinski definition) is 0. The van der Waals surface area contributed by atoms with Crippen LogP contribution in [0.5, 0.6) is 0 Å². The number of esters is 1. The molecule has 1 aromatic carbocycles. The summed E-state index contributed by atoms with van der Waals surface area (Å²) in [5, 5.41) is 11.2. The lowest BCUT2D eigenvalue weighted by molar-refractivity contribution is -0.385. The van der Waals surface area contributed by atoms with E-state index in [2.05, 4.69) is 4.74 Å². The number of carbonyl (C=O) groups is 2. The first kappa shape index (κ1) is 17.6. The second-order valence-corrected chi connectivity index (χ2v) is 5.86. The fraction of sp³-hybridized carbons (Fsp3) is 0.467. The van der Waals surface area contributed by atoms with Gasteiger partial charge in [-0.3, -0.25) is 14.9 Å². The van der Waals surface area contributed by atoms with Crippen LogP contribution in [0.3, 0.4) is 0 Å². The second-order valence-electron chi connectivity index (χ2n) is 5.86. The molecule has 0 aliphatic carbocycles. The molecule has 0 aliphatic heterocycles. The molecular formula is C15H19NO6. The van der Waals surface area contributed by atoms with Gasteiger partial charge in [0.25, 0.3) is 12.2 Å². The summed E-state index contributed by atoms with van der Waals surface area (Å²) in [5.41, 5.74) is -0.395. The van der Waals surface area contributed by atoms with Gasteiger partial charge in [-0.2, -0.15) is 0 Å². The summed E-state index contributed by atoms with van der Waals surface area (Å²) in [6.07, 6.45) is 0. The lowest BCUT2D eigenvalue weighted by atomic mass is 9.98.